The topological polar surface area (TPSA) is 50.9 Å². The predicted octanol–water partition coefficient (Wildman–Crippen LogP) is 16.6. The van der Waals surface area contributed by atoms with Gasteiger partial charge in [-0.2, -0.15) is 0 Å². The number of aromatic nitrogens is 3. The van der Waals surface area contributed by atoms with Crippen LogP contribution >= 0.6 is 0 Å². The Balaban J connectivity index is 1.27. The number of aryl methyl sites for hydroxylation is 3. The first-order chi connectivity index (χ1) is 36.7. The van der Waals surface area contributed by atoms with E-state index in [-0.39, 0.29) is 16.9 Å². The number of benzene rings is 7. The fraction of sp³-hybridized carbons (Fsp3) is 0.213. The fourth-order valence-electron chi connectivity index (χ4n) is 8.88. The number of aromatic hydroxyl groups is 1. The van der Waals surface area contributed by atoms with E-state index in [1.807, 2.05) is 116 Å². The van der Waals surface area contributed by atoms with Crippen molar-refractivity contribution in [1.82, 2.24) is 14.5 Å². The molecule has 4 heteroatoms. The molecule has 2 aromatic heterocycles. The zero-order valence-electron chi connectivity index (χ0n) is 51.3. The minimum Gasteiger partial charge on any atom is -0.507 e. The highest BCUT2D eigenvalue weighted by Crippen LogP contribution is 2.43. The molecule has 9 rings (SSSR count). The predicted molar refractivity (Wildman–Crippen MR) is 274 cm³/mol. The van der Waals surface area contributed by atoms with Crippen LogP contribution in [-0.4, -0.2) is 19.6 Å². The van der Waals surface area contributed by atoms with Crippen LogP contribution in [0.2, 0.25) is 0 Å². The second-order valence-electron chi connectivity index (χ2n) is 17.3. The van der Waals surface area contributed by atoms with Gasteiger partial charge in [0.2, 0.25) is 0 Å². The first-order valence-corrected chi connectivity index (χ1v) is 21.6. The molecule has 7 aromatic carbocycles. The third kappa shape index (κ3) is 8.30. The molecule has 0 aliphatic carbocycles. The number of hydrogen-bond acceptors (Lipinski definition) is 3. The van der Waals surface area contributed by atoms with Gasteiger partial charge in [-0.3, -0.25) is 9.55 Å². The average Bonchev–Trinajstić information content (AvgIpc) is 3.95. The van der Waals surface area contributed by atoms with Gasteiger partial charge in [-0.25, -0.2) is 4.98 Å². The molecule has 0 bridgehead atoms. The summed E-state index contributed by atoms with van der Waals surface area (Å²) in [5, 5.41) is 11.9. The Morgan fingerprint density at radius 1 is 0.585 bits per heavy atom. The molecule has 0 saturated heterocycles. The summed E-state index contributed by atoms with van der Waals surface area (Å²) in [6, 6.07) is 45.0. The lowest BCUT2D eigenvalue weighted by molar-refractivity contribution is 0.472. The molecular weight excluding hydrogens is 791 g/mol. The van der Waals surface area contributed by atoms with Gasteiger partial charge < -0.3 is 5.11 Å². The van der Waals surface area contributed by atoms with E-state index < -0.39 is 44.6 Å². The van der Waals surface area contributed by atoms with E-state index in [4.69, 9.17) is 29.2 Å². The SMILES string of the molecule is [2H]C([2H])([2H])c1cc(-c2c(C([2H])(C)C)cccc2C([2H])(C)C)ccc1-n1c(-c2cc(C)cc(C)c2O)nc2c(-c3cc(-c4ccccc4)cc(-c4cc(-c5ccc(C(C([2H])([2H])[2H])(C([2H])([2H])[2H])C([2H])([2H])[2H])cc5)ccn4)c3)cccc21. The zero-order valence-corrected chi connectivity index (χ0v) is 37.3. The lowest BCUT2D eigenvalue weighted by Gasteiger charge is -2.21. The molecule has 0 fully saturated rings. The number of phenolic OH excluding ortho intramolecular Hbond substituents is 1. The fourth-order valence-corrected chi connectivity index (χ4v) is 8.88. The smallest absolute Gasteiger partial charge is 0.149 e. The number of nitrogens with zero attached hydrogens (tertiary/aromatic N) is 3. The maximum Gasteiger partial charge on any atom is 0.149 e. The highest BCUT2D eigenvalue weighted by atomic mass is 16.3. The summed E-state index contributed by atoms with van der Waals surface area (Å²) in [5.41, 5.74) is 7.62. The van der Waals surface area contributed by atoms with Gasteiger partial charge in [-0.1, -0.05) is 145 Å². The summed E-state index contributed by atoms with van der Waals surface area (Å²) < 4.78 is 121. The van der Waals surface area contributed by atoms with Crippen LogP contribution in [0.15, 0.2) is 158 Å². The van der Waals surface area contributed by atoms with E-state index >= 15 is 0 Å². The number of phenols is 1. The van der Waals surface area contributed by atoms with Crippen LogP contribution in [0.5, 0.6) is 5.75 Å². The summed E-state index contributed by atoms with van der Waals surface area (Å²) in [4.78, 5) is 10.2. The molecule has 4 nitrogen and oxygen atoms in total. The Hall–Kier alpha value is -7.04. The van der Waals surface area contributed by atoms with E-state index in [2.05, 4.69) is 0 Å². The molecule has 9 aromatic rings. The van der Waals surface area contributed by atoms with E-state index in [0.717, 1.165) is 22.3 Å². The number of fused-ring (bicyclic) bond motifs is 1. The van der Waals surface area contributed by atoms with Crippen molar-refractivity contribution in [2.45, 2.75) is 86.2 Å². The van der Waals surface area contributed by atoms with Crippen molar-refractivity contribution in [2.24, 2.45) is 0 Å². The Kier molecular flexibility index (Phi) is 7.76. The van der Waals surface area contributed by atoms with Crippen molar-refractivity contribution in [3.8, 4) is 78.6 Å². The van der Waals surface area contributed by atoms with Crippen molar-refractivity contribution < 1.29 is 24.3 Å². The largest absolute Gasteiger partial charge is 0.507 e. The van der Waals surface area contributed by atoms with Gasteiger partial charge in [0.05, 0.1) is 28.0 Å². The van der Waals surface area contributed by atoms with Gasteiger partial charge in [0, 0.05) is 36.5 Å². The quantitative estimate of drug-likeness (QED) is 0.157. The van der Waals surface area contributed by atoms with Crippen LogP contribution in [0.4, 0.5) is 0 Å². The number of imidazole rings is 1. The molecule has 0 aliphatic heterocycles. The Labute approximate surface area is 405 Å². The molecule has 0 saturated carbocycles. The van der Waals surface area contributed by atoms with Crippen LogP contribution in [0.1, 0.15) is 113 Å². The van der Waals surface area contributed by atoms with E-state index in [1.165, 1.54) is 24.3 Å². The lowest BCUT2D eigenvalue weighted by Crippen LogP contribution is -2.10. The van der Waals surface area contributed by atoms with Gasteiger partial charge in [0.25, 0.3) is 0 Å². The van der Waals surface area contributed by atoms with Crippen LogP contribution in [0, 0.1) is 20.7 Å². The van der Waals surface area contributed by atoms with E-state index in [1.54, 1.807) is 63.6 Å². The number of para-hydroxylation sites is 1. The number of pyridine rings is 1. The Morgan fingerprint density at radius 2 is 1.26 bits per heavy atom. The average molecular weight is 864 g/mol. The van der Waals surface area contributed by atoms with Crippen molar-refractivity contribution >= 4 is 11.0 Å². The molecule has 1 N–H and O–H groups in total. The lowest BCUT2D eigenvalue weighted by atomic mass is 9.84. The molecule has 0 atom stereocenters. The van der Waals surface area contributed by atoms with Crippen LogP contribution in [0.3, 0.4) is 0 Å². The molecule has 0 amide bonds. The summed E-state index contributed by atoms with van der Waals surface area (Å²) in [5.74, 6) is -1.93. The minimum absolute atomic E-state index is 0.00810. The van der Waals surface area contributed by atoms with Crippen molar-refractivity contribution in [1.29, 1.82) is 0 Å². The van der Waals surface area contributed by atoms with Crippen molar-refractivity contribution in [2.75, 3.05) is 0 Å². The maximum atomic E-state index is 11.9. The minimum atomic E-state index is -3.41. The normalized spacial score (nSPS) is 16.2. The molecule has 0 radical (unpaired) electrons. The summed E-state index contributed by atoms with van der Waals surface area (Å²) >= 11 is 0. The van der Waals surface area contributed by atoms with Crippen LogP contribution < -0.4 is 0 Å². The standard InChI is InChI=1S/C61H59N3O/c1-37(2)50-18-14-19-51(38(3)4)57(50)45-24-27-55(40(6)32-45)64-56-21-15-20-52(58(56)63-60(64)53-31-39(5)30-41(7)59(53)65)47-33-46(42-16-12-11-13-17-42)34-48(35-47)54-36-44(28-29-62-54)43-22-25-49(26-23-43)61(8,9)10/h11-38,65H,1-10H3/i6D3,8D3,9D3,10D3,37D,38D. The third-order valence-corrected chi connectivity index (χ3v) is 12.1. The molecule has 0 spiro atoms. The first kappa shape index (κ1) is 29.4. The highest BCUT2D eigenvalue weighted by molar-refractivity contribution is 5.98. The van der Waals surface area contributed by atoms with E-state index in [0.29, 0.717) is 83.9 Å². The monoisotopic (exact) mass is 864 g/mol. The summed E-state index contributed by atoms with van der Waals surface area (Å²) in [6.45, 7) is -2.14. The van der Waals surface area contributed by atoms with Crippen molar-refractivity contribution in [3.05, 3.63) is 191 Å². The second kappa shape index (κ2) is 17.2. The van der Waals surface area contributed by atoms with E-state index in [9.17, 15) is 5.11 Å². The maximum absolute atomic E-state index is 11.9. The van der Waals surface area contributed by atoms with Crippen LogP contribution in [-0.2, 0) is 5.41 Å². The molecule has 0 aliphatic rings. The molecule has 2 heterocycles. The summed E-state index contributed by atoms with van der Waals surface area (Å²) in [7, 11) is 0. The van der Waals surface area contributed by atoms with Crippen molar-refractivity contribution in [3.63, 3.8) is 0 Å². The molecule has 324 valence electrons. The van der Waals surface area contributed by atoms with Gasteiger partial charge in [-0.05, 0) is 165 Å². The Bertz CT molecular complexity index is 3720. The zero-order chi connectivity index (χ0) is 57.6. The summed E-state index contributed by atoms with van der Waals surface area (Å²) in [6.07, 6.45) is 1.62. The van der Waals surface area contributed by atoms with Crippen LogP contribution in [0.25, 0.3) is 83.9 Å². The van der Waals surface area contributed by atoms with Gasteiger partial charge in [0.15, 0.2) is 0 Å². The van der Waals surface area contributed by atoms with Gasteiger partial charge in [0.1, 0.15) is 11.6 Å². The third-order valence-electron chi connectivity index (χ3n) is 12.1. The second-order valence-corrected chi connectivity index (χ2v) is 17.3. The number of rotatable bonds is 9. The Morgan fingerprint density at radius 3 is 1.97 bits per heavy atom. The highest BCUT2D eigenvalue weighted by Gasteiger charge is 2.24. The molecular formula is C61H59N3O. The van der Waals surface area contributed by atoms with Gasteiger partial charge in [-0.15, -0.1) is 0 Å². The first-order valence-electron chi connectivity index (χ1n) is 28.6. The molecule has 65 heavy (non-hydrogen) atoms. The molecule has 0 unspecified atom stereocenters. The van der Waals surface area contributed by atoms with Gasteiger partial charge >= 0.3 is 0 Å². The number of hydrogen-bond donors (Lipinski definition) is 1.